The van der Waals surface area contributed by atoms with Crippen molar-refractivity contribution in [2.24, 2.45) is 10.8 Å². The van der Waals surface area contributed by atoms with Crippen LogP contribution in [0.1, 0.15) is 19.8 Å². The van der Waals surface area contributed by atoms with Gasteiger partial charge in [0.2, 0.25) is 5.96 Å². The Kier molecular flexibility index (Phi) is 7.20. The van der Waals surface area contributed by atoms with E-state index < -0.39 is 5.76 Å². The maximum absolute atomic E-state index is 12.4. The zero-order chi connectivity index (χ0) is 14.1. The number of hydrogen-bond acceptors (Lipinski definition) is 3. The molecule has 4 nitrogen and oxygen atoms in total. The van der Waals surface area contributed by atoms with Crippen LogP contribution < -0.4 is 16.6 Å². The number of hydrogen-bond donors (Lipinski definition) is 3. The third-order valence-corrected chi connectivity index (χ3v) is 3.06. The molecule has 1 aromatic rings. The Morgan fingerprint density at radius 1 is 1.42 bits per heavy atom. The third kappa shape index (κ3) is 5.89. The third-order valence-electron chi connectivity index (χ3n) is 2.27. The number of nitrogens with zero attached hydrogens (tertiary/aromatic N) is 1. The van der Waals surface area contributed by atoms with E-state index in [4.69, 9.17) is 5.84 Å². The standard InChI is InChI=1S/C12H18F2N4S/c1-2-3-8-16-12(18-15)17-9-6-4-5-7-10(9)19-11(13)14/h4-7,11H,2-3,8,15H2,1H3,(H2,16,17,18). The Bertz CT molecular complexity index is 412. The number of nitrogens with two attached hydrogens (primary N) is 1. The van der Waals surface area contributed by atoms with Crippen LogP contribution >= 0.6 is 11.8 Å². The fraction of sp³-hybridized carbons (Fsp3) is 0.417. The first-order valence-corrected chi connectivity index (χ1v) is 6.87. The van der Waals surface area contributed by atoms with Gasteiger partial charge in [-0.2, -0.15) is 8.78 Å². The van der Waals surface area contributed by atoms with Crippen LogP contribution in [-0.4, -0.2) is 18.3 Å². The lowest BCUT2D eigenvalue weighted by atomic mass is 10.3. The van der Waals surface area contributed by atoms with Crippen LogP contribution in [0.2, 0.25) is 0 Å². The molecule has 0 aliphatic heterocycles. The maximum Gasteiger partial charge on any atom is 0.288 e. The van der Waals surface area contributed by atoms with Crippen LogP contribution in [0.25, 0.3) is 0 Å². The van der Waals surface area contributed by atoms with Crippen molar-refractivity contribution in [3.05, 3.63) is 24.3 Å². The van der Waals surface area contributed by atoms with Gasteiger partial charge in [0.25, 0.3) is 5.76 Å². The molecule has 0 heterocycles. The number of anilines is 1. The summed E-state index contributed by atoms with van der Waals surface area (Å²) in [7, 11) is 0. The lowest BCUT2D eigenvalue weighted by molar-refractivity contribution is 0.252. The number of alkyl halides is 2. The van der Waals surface area contributed by atoms with Crippen LogP contribution in [-0.2, 0) is 0 Å². The summed E-state index contributed by atoms with van der Waals surface area (Å²) in [6.07, 6.45) is 1.97. The van der Waals surface area contributed by atoms with Gasteiger partial charge in [0.15, 0.2) is 0 Å². The molecular weight excluding hydrogens is 270 g/mol. The maximum atomic E-state index is 12.4. The van der Waals surface area contributed by atoms with Gasteiger partial charge in [-0.3, -0.25) is 10.4 Å². The lowest BCUT2D eigenvalue weighted by Gasteiger charge is -2.12. The SMILES string of the molecule is CCCCN=C(NN)Nc1ccccc1SC(F)F. The summed E-state index contributed by atoms with van der Waals surface area (Å²) in [6, 6.07) is 6.80. The smallest absolute Gasteiger partial charge is 0.288 e. The molecule has 0 fully saturated rings. The van der Waals surface area contributed by atoms with Crippen molar-refractivity contribution < 1.29 is 8.78 Å². The topological polar surface area (TPSA) is 62.4 Å². The molecule has 1 rings (SSSR count). The molecule has 106 valence electrons. The highest BCUT2D eigenvalue weighted by molar-refractivity contribution is 7.99. The number of unbranched alkanes of at least 4 members (excludes halogenated alkanes) is 1. The second-order valence-corrected chi connectivity index (χ2v) is 4.76. The van der Waals surface area contributed by atoms with Gasteiger partial charge in [-0.1, -0.05) is 37.2 Å². The van der Waals surface area contributed by atoms with Gasteiger partial charge in [0, 0.05) is 11.4 Å². The molecule has 7 heteroatoms. The Morgan fingerprint density at radius 3 is 2.79 bits per heavy atom. The van der Waals surface area contributed by atoms with E-state index in [2.05, 4.69) is 22.7 Å². The fourth-order valence-corrected chi connectivity index (χ4v) is 1.96. The van der Waals surface area contributed by atoms with Crippen LogP contribution in [0.15, 0.2) is 34.2 Å². The van der Waals surface area contributed by atoms with Crippen LogP contribution in [0, 0.1) is 0 Å². The van der Waals surface area contributed by atoms with Crippen molar-refractivity contribution in [3.8, 4) is 0 Å². The summed E-state index contributed by atoms with van der Waals surface area (Å²) in [6.45, 7) is 2.69. The molecule has 0 aliphatic rings. The number of guanidine groups is 1. The summed E-state index contributed by atoms with van der Waals surface area (Å²) in [5.74, 6) is 3.26. The number of nitrogens with one attached hydrogen (secondary N) is 2. The number of hydrazine groups is 1. The minimum absolute atomic E-state index is 0.371. The fourth-order valence-electron chi connectivity index (χ4n) is 1.37. The van der Waals surface area contributed by atoms with Gasteiger partial charge >= 0.3 is 0 Å². The predicted octanol–water partition coefficient (Wildman–Crippen LogP) is 3.03. The van der Waals surface area contributed by atoms with Crippen LogP contribution in [0.4, 0.5) is 14.5 Å². The number of rotatable bonds is 6. The number of halogens is 2. The molecule has 0 spiro atoms. The average molecular weight is 288 g/mol. The molecule has 0 bridgehead atoms. The molecule has 0 radical (unpaired) electrons. The summed E-state index contributed by atoms with van der Waals surface area (Å²) in [5, 5.41) is 2.92. The van der Waals surface area contributed by atoms with Gasteiger partial charge in [-0.05, 0) is 18.6 Å². The average Bonchev–Trinajstić information content (AvgIpc) is 2.39. The number of aliphatic imine (C=N–C) groups is 1. The molecular formula is C12H18F2N4S. The molecule has 0 unspecified atom stereocenters. The second kappa shape index (κ2) is 8.71. The largest absolute Gasteiger partial charge is 0.324 e. The minimum atomic E-state index is -2.46. The van der Waals surface area contributed by atoms with E-state index in [-0.39, 0.29) is 0 Å². The number of benzene rings is 1. The van der Waals surface area contributed by atoms with Crippen LogP contribution in [0.3, 0.4) is 0 Å². The number of thioether (sulfide) groups is 1. The lowest BCUT2D eigenvalue weighted by Crippen LogP contribution is -2.36. The van der Waals surface area contributed by atoms with E-state index in [1.165, 1.54) is 0 Å². The molecule has 0 aromatic heterocycles. The molecule has 0 saturated carbocycles. The molecule has 0 atom stereocenters. The molecule has 1 aromatic carbocycles. The Balaban J connectivity index is 2.76. The minimum Gasteiger partial charge on any atom is -0.324 e. The Morgan fingerprint density at radius 2 is 2.16 bits per heavy atom. The van der Waals surface area contributed by atoms with Crippen molar-refractivity contribution in [1.82, 2.24) is 5.43 Å². The molecule has 4 N–H and O–H groups in total. The zero-order valence-electron chi connectivity index (χ0n) is 10.7. The quantitative estimate of drug-likeness (QED) is 0.188. The van der Waals surface area contributed by atoms with E-state index in [1.807, 2.05) is 0 Å². The predicted molar refractivity (Wildman–Crippen MR) is 76.5 cm³/mol. The van der Waals surface area contributed by atoms with E-state index in [0.717, 1.165) is 12.8 Å². The van der Waals surface area contributed by atoms with Crippen LogP contribution in [0.5, 0.6) is 0 Å². The van der Waals surface area contributed by atoms with Gasteiger partial charge < -0.3 is 5.32 Å². The van der Waals surface area contributed by atoms with Gasteiger partial charge in [-0.15, -0.1) is 0 Å². The summed E-state index contributed by atoms with van der Waals surface area (Å²) >= 11 is 0.486. The van der Waals surface area contributed by atoms with Crippen molar-refractivity contribution in [1.29, 1.82) is 0 Å². The highest BCUT2D eigenvalue weighted by Gasteiger charge is 2.10. The second-order valence-electron chi connectivity index (χ2n) is 3.73. The summed E-state index contributed by atoms with van der Waals surface area (Å²) in [5.41, 5.74) is 2.99. The monoisotopic (exact) mass is 288 g/mol. The first kappa shape index (κ1) is 15.7. The zero-order valence-corrected chi connectivity index (χ0v) is 11.5. The van der Waals surface area contributed by atoms with E-state index in [0.29, 0.717) is 34.8 Å². The van der Waals surface area contributed by atoms with Crippen molar-refractivity contribution in [3.63, 3.8) is 0 Å². The highest BCUT2D eigenvalue weighted by atomic mass is 32.2. The molecule has 0 saturated heterocycles. The Hall–Kier alpha value is -1.34. The summed E-state index contributed by atoms with van der Waals surface area (Å²) in [4.78, 5) is 4.67. The first-order chi connectivity index (χ1) is 9.17. The Labute approximate surface area is 115 Å². The van der Waals surface area contributed by atoms with Crippen molar-refractivity contribution in [2.45, 2.75) is 30.4 Å². The highest BCUT2D eigenvalue weighted by Crippen LogP contribution is 2.31. The van der Waals surface area contributed by atoms with Crippen molar-refractivity contribution >= 4 is 23.4 Å². The molecule has 0 amide bonds. The normalized spacial score (nSPS) is 11.7. The molecule has 19 heavy (non-hydrogen) atoms. The van der Waals surface area contributed by atoms with E-state index in [9.17, 15) is 8.78 Å². The van der Waals surface area contributed by atoms with Gasteiger partial charge in [0.1, 0.15) is 0 Å². The van der Waals surface area contributed by atoms with E-state index in [1.54, 1.807) is 24.3 Å². The van der Waals surface area contributed by atoms with Gasteiger partial charge in [-0.25, -0.2) is 5.84 Å². The number of para-hydroxylation sites is 1. The summed E-state index contributed by atoms with van der Waals surface area (Å²) < 4.78 is 24.9. The molecule has 0 aliphatic carbocycles. The first-order valence-electron chi connectivity index (χ1n) is 5.99. The van der Waals surface area contributed by atoms with Crippen molar-refractivity contribution in [2.75, 3.05) is 11.9 Å². The van der Waals surface area contributed by atoms with Gasteiger partial charge in [0.05, 0.1) is 5.69 Å². The van der Waals surface area contributed by atoms with E-state index >= 15 is 0 Å².